The number of benzene rings is 3. The Kier molecular flexibility index (Phi) is 6.62. The van der Waals surface area contributed by atoms with Crippen LogP contribution < -0.4 is 10.2 Å². The summed E-state index contributed by atoms with van der Waals surface area (Å²) in [6.07, 6.45) is 2.07. The Hall–Kier alpha value is -3.60. The Balaban J connectivity index is 1.50. The first kappa shape index (κ1) is 20.7. The molecule has 1 saturated heterocycles. The lowest BCUT2D eigenvalue weighted by Crippen LogP contribution is -2.34. The van der Waals surface area contributed by atoms with Gasteiger partial charge in [-0.05, 0) is 42.7 Å². The molecule has 0 radical (unpaired) electrons. The molecule has 0 saturated carbocycles. The van der Waals surface area contributed by atoms with Crippen LogP contribution in [0, 0.1) is 0 Å². The molecule has 1 aliphatic rings. The van der Waals surface area contributed by atoms with Gasteiger partial charge in [-0.2, -0.15) is 0 Å². The monoisotopic (exact) mass is 413 g/mol. The van der Waals surface area contributed by atoms with Gasteiger partial charge in [0.15, 0.2) is 0 Å². The molecule has 3 aromatic rings. The number of amides is 2. The summed E-state index contributed by atoms with van der Waals surface area (Å²) in [5, 5.41) is 2.97. The molecule has 1 N–H and O–H groups in total. The number of carbonyl (C=O) groups is 2. The zero-order valence-electron chi connectivity index (χ0n) is 17.5. The van der Waals surface area contributed by atoms with E-state index in [1.54, 1.807) is 12.1 Å². The molecule has 158 valence electrons. The second-order valence-electron chi connectivity index (χ2n) is 7.77. The van der Waals surface area contributed by atoms with Gasteiger partial charge in [-0.1, -0.05) is 60.7 Å². The number of likely N-dealkylation sites (tertiary alicyclic amines) is 1. The summed E-state index contributed by atoms with van der Waals surface area (Å²) in [4.78, 5) is 29.8. The van der Waals surface area contributed by atoms with E-state index in [-0.39, 0.29) is 18.4 Å². The smallest absolute Gasteiger partial charge is 0.255 e. The van der Waals surface area contributed by atoms with E-state index in [9.17, 15) is 9.59 Å². The minimum atomic E-state index is -0.151. The van der Waals surface area contributed by atoms with Gasteiger partial charge in [0.05, 0.1) is 17.8 Å². The first-order chi connectivity index (χ1) is 15.2. The highest BCUT2D eigenvalue weighted by atomic mass is 16.2. The number of para-hydroxylation sites is 2. The lowest BCUT2D eigenvalue weighted by molar-refractivity contribution is -0.115. The molecule has 0 spiro atoms. The molecule has 2 amide bonds. The maximum Gasteiger partial charge on any atom is 0.255 e. The highest BCUT2D eigenvalue weighted by molar-refractivity contribution is 6.04. The lowest BCUT2D eigenvalue weighted by atomic mass is 10.1. The van der Waals surface area contributed by atoms with Gasteiger partial charge in [0.25, 0.3) is 5.91 Å². The number of carbonyl (C=O) groups excluding carboxylic acids is 2. The van der Waals surface area contributed by atoms with Crippen molar-refractivity contribution in [3.8, 4) is 0 Å². The first-order valence-corrected chi connectivity index (χ1v) is 10.7. The molecule has 0 unspecified atom stereocenters. The van der Waals surface area contributed by atoms with Gasteiger partial charge in [-0.25, -0.2) is 0 Å². The Morgan fingerprint density at radius 1 is 0.806 bits per heavy atom. The van der Waals surface area contributed by atoms with Gasteiger partial charge >= 0.3 is 0 Å². The predicted molar refractivity (Wildman–Crippen MR) is 124 cm³/mol. The van der Waals surface area contributed by atoms with E-state index in [2.05, 4.69) is 17.4 Å². The van der Waals surface area contributed by atoms with E-state index in [1.165, 1.54) is 0 Å². The lowest BCUT2D eigenvalue weighted by Gasteiger charge is -2.25. The number of hydrogen-bond donors (Lipinski definition) is 1. The standard InChI is InChI=1S/C26H27N3O2/c30-25(27-24-16-8-7-15-23(24)26(31)28-17-9-10-18-28)20-29(22-13-5-2-6-14-22)19-21-11-3-1-4-12-21/h1-8,11-16H,9-10,17-20H2,(H,27,30). The molecule has 0 aliphatic carbocycles. The van der Waals surface area contributed by atoms with Crippen LogP contribution in [-0.4, -0.2) is 36.3 Å². The molecule has 0 atom stereocenters. The average molecular weight is 414 g/mol. The molecule has 4 rings (SSSR count). The van der Waals surface area contributed by atoms with Crippen LogP contribution in [0.1, 0.15) is 28.8 Å². The Bertz CT molecular complexity index is 1020. The number of nitrogens with zero attached hydrogens (tertiary/aromatic N) is 2. The highest BCUT2D eigenvalue weighted by Gasteiger charge is 2.22. The average Bonchev–Trinajstić information content (AvgIpc) is 3.35. The third-order valence-electron chi connectivity index (χ3n) is 5.50. The number of nitrogens with one attached hydrogen (secondary N) is 1. The normalized spacial score (nSPS) is 13.1. The molecule has 3 aromatic carbocycles. The van der Waals surface area contributed by atoms with Crippen molar-refractivity contribution in [2.75, 3.05) is 29.9 Å². The van der Waals surface area contributed by atoms with E-state index in [0.29, 0.717) is 17.8 Å². The van der Waals surface area contributed by atoms with Crippen molar-refractivity contribution in [3.05, 3.63) is 96.1 Å². The van der Waals surface area contributed by atoms with Crippen LogP contribution in [0.4, 0.5) is 11.4 Å². The van der Waals surface area contributed by atoms with Crippen LogP contribution in [0.3, 0.4) is 0 Å². The van der Waals surface area contributed by atoms with Gasteiger partial charge in [0.1, 0.15) is 0 Å². The summed E-state index contributed by atoms with van der Waals surface area (Å²) in [5.41, 5.74) is 3.22. The summed E-state index contributed by atoms with van der Waals surface area (Å²) >= 11 is 0. The Morgan fingerprint density at radius 3 is 2.13 bits per heavy atom. The maximum atomic E-state index is 13.0. The quantitative estimate of drug-likeness (QED) is 0.617. The first-order valence-electron chi connectivity index (χ1n) is 10.7. The molecule has 1 heterocycles. The fourth-order valence-corrected chi connectivity index (χ4v) is 3.91. The van der Waals surface area contributed by atoms with Crippen LogP contribution in [0.15, 0.2) is 84.9 Å². The SMILES string of the molecule is O=C(CN(Cc1ccccc1)c1ccccc1)Nc1ccccc1C(=O)N1CCCC1. The molecule has 31 heavy (non-hydrogen) atoms. The zero-order valence-corrected chi connectivity index (χ0v) is 17.5. The van der Waals surface area contributed by atoms with Gasteiger partial charge in [-0.3, -0.25) is 9.59 Å². The minimum Gasteiger partial charge on any atom is -0.358 e. The summed E-state index contributed by atoms with van der Waals surface area (Å²) in [6.45, 7) is 2.36. The second kappa shape index (κ2) is 9.94. The van der Waals surface area contributed by atoms with Crippen molar-refractivity contribution in [2.45, 2.75) is 19.4 Å². The Morgan fingerprint density at radius 2 is 1.42 bits per heavy atom. The predicted octanol–water partition coefficient (Wildman–Crippen LogP) is 4.57. The van der Waals surface area contributed by atoms with Crippen molar-refractivity contribution < 1.29 is 9.59 Å². The van der Waals surface area contributed by atoms with Gasteiger partial charge < -0.3 is 15.1 Å². The number of rotatable bonds is 7. The van der Waals surface area contributed by atoms with E-state index >= 15 is 0 Å². The molecular weight excluding hydrogens is 386 g/mol. The zero-order chi connectivity index (χ0) is 21.5. The van der Waals surface area contributed by atoms with Crippen molar-refractivity contribution in [1.82, 2.24) is 4.90 Å². The maximum absolute atomic E-state index is 13.0. The molecule has 1 fully saturated rings. The fourth-order valence-electron chi connectivity index (χ4n) is 3.91. The van der Waals surface area contributed by atoms with Crippen LogP contribution in [0.25, 0.3) is 0 Å². The number of hydrogen-bond acceptors (Lipinski definition) is 3. The van der Waals surface area contributed by atoms with Gasteiger partial charge in [0.2, 0.25) is 5.91 Å². The highest BCUT2D eigenvalue weighted by Crippen LogP contribution is 2.21. The summed E-state index contributed by atoms with van der Waals surface area (Å²) in [5.74, 6) is -0.168. The topological polar surface area (TPSA) is 52.7 Å². The fraction of sp³-hybridized carbons (Fsp3) is 0.231. The second-order valence-corrected chi connectivity index (χ2v) is 7.77. The van der Waals surface area contributed by atoms with Crippen LogP contribution in [0.2, 0.25) is 0 Å². The van der Waals surface area contributed by atoms with Crippen molar-refractivity contribution >= 4 is 23.2 Å². The van der Waals surface area contributed by atoms with Gasteiger partial charge in [-0.15, -0.1) is 0 Å². The van der Waals surface area contributed by atoms with Crippen molar-refractivity contribution in [2.24, 2.45) is 0 Å². The van der Waals surface area contributed by atoms with Crippen molar-refractivity contribution in [3.63, 3.8) is 0 Å². The van der Waals surface area contributed by atoms with E-state index in [1.807, 2.05) is 70.5 Å². The minimum absolute atomic E-state index is 0.0161. The third-order valence-corrected chi connectivity index (χ3v) is 5.50. The third kappa shape index (κ3) is 5.31. The molecule has 5 heteroatoms. The van der Waals surface area contributed by atoms with Crippen LogP contribution in [0.5, 0.6) is 0 Å². The summed E-state index contributed by atoms with van der Waals surface area (Å²) < 4.78 is 0. The van der Waals surface area contributed by atoms with E-state index in [4.69, 9.17) is 0 Å². The summed E-state index contributed by atoms with van der Waals surface area (Å²) in [7, 11) is 0. The summed E-state index contributed by atoms with van der Waals surface area (Å²) in [6, 6.07) is 27.3. The molecule has 0 aromatic heterocycles. The van der Waals surface area contributed by atoms with E-state index in [0.717, 1.165) is 37.2 Å². The van der Waals surface area contributed by atoms with Gasteiger partial charge in [0, 0.05) is 25.3 Å². The molecule has 0 bridgehead atoms. The van der Waals surface area contributed by atoms with Crippen LogP contribution in [-0.2, 0) is 11.3 Å². The van der Waals surface area contributed by atoms with Crippen LogP contribution >= 0.6 is 0 Å². The number of anilines is 2. The van der Waals surface area contributed by atoms with Crippen molar-refractivity contribution in [1.29, 1.82) is 0 Å². The van der Waals surface area contributed by atoms with E-state index < -0.39 is 0 Å². The largest absolute Gasteiger partial charge is 0.358 e. The Labute approximate surface area is 183 Å². The molecule has 5 nitrogen and oxygen atoms in total. The molecule has 1 aliphatic heterocycles. The molecular formula is C26H27N3O2.